The lowest BCUT2D eigenvalue weighted by Crippen LogP contribution is -2.29. The number of nitrogens with zero attached hydrogens (tertiary/aromatic N) is 2. The topological polar surface area (TPSA) is 33.2 Å². The van der Waals surface area contributed by atoms with Crippen LogP contribution in [-0.4, -0.2) is 28.9 Å². The molecule has 0 bridgehead atoms. The molecular weight excluding hydrogens is 268 g/mol. The maximum absolute atomic E-state index is 12.1. The fourth-order valence-electron chi connectivity index (χ4n) is 2.04. The zero-order valence-corrected chi connectivity index (χ0v) is 10.9. The van der Waals surface area contributed by atoms with E-state index in [9.17, 15) is 4.79 Å². The van der Waals surface area contributed by atoms with E-state index in [4.69, 9.17) is 0 Å². The van der Waals surface area contributed by atoms with Crippen molar-refractivity contribution in [1.29, 1.82) is 0 Å². The normalized spacial score (nSPS) is 20.1. The van der Waals surface area contributed by atoms with Crippen molar-refractivity contribution in [3.8, 4) is 0 Å². The summed E-state index contributed by atoms with van der Waals surface area (Å²) in [5.74, 6) is 0.716. The molecule has 1 unspecified atom stereocenters. The number of rotatable bonds is 2. The number of pyridine rings is 1. The summed E-state index contributed by atoms with van der Waals surface area (Å²) in [6, 6.07) is 5.44. The molecule has 16 heavy (non-hydrogen) atoms. The van der Waals surface area contributed by atoms with Crippen LogP contribution in [0.15, 0.2) is 22.8 Å². The predicted molar refractivity (Wildman–Crippen MR) is 66.2 cm³/mol. The van der Waals surface area contributed by atoms with E-state index in [1.807, 2.05) is 17.0 Å². The minimum absolute atomic E-state index is 0.0530. The number of aromatic nitrogens is 1. The highest BCUT2D eigenvalue weighted by Crippen LogP contribution is 2.20. The van der Waals surface area contributed by atoms with Crippen molar-refractivity contribution in [2.45, 2.75) is 19.8 Å². The molecule has 1 saturated heterocycles. The van der Waals surface area contributed by atoms with Crippen LogP contribution in [0.4, 0.5) is 0 Å². The van der Waals surface area contributed by atoms with Gasteiger partial charge in [-0.1, -0.05) is 19.4 Å². The average molecular weight is 283 g/mol. The molecule has 1 amide bonds. The van der Waals surface area contributed by atoms with Crippen LogP contribution in [-0.2, 0) is 0 Å². The third-order valence-corrected chi connectivity index (χ3v) is 3.53. The van der Waals surface area contributed by atoms with Crippen molar-refractivity contribution in [2.24, 2.45) is 5.92 Å². The molecule has 0 aliphatic carbocycles. The molecule has 4 heteroatoms. The van der Waals surface area contributed by atoms with E-state index < -0.39 is 0 Å². The van der Waals surface area contributed by atoms with Gasteiger partial charge >= 0.3 is 0 Å². The zero-order chi connectivity index (χ0) is 11.5. The quantitative estimate of drug-likeness (QED) is 0.782. The lowest BCUT2D eigenvalue weighted by atomic mass is 10.1. The maximum atomic E-state index is 12.1. The van der Waals surface area contributed by atoms with E-state index in [0.717, 1.165) is 25.9 Å². The summed E-state index contributed by atoms with van der Waals surface area (Å²) >= 11 is 3.28. The lowest BCUT2D eigenvalue weighted by molar-refractivity contribution is 0.0781. The average Bonchev–Trinajstić information content (AvgIpc) is 2.76. The van der Waals surface area contributed by atoms with Gasteiger partial charge in [0, 0.05) is 13.1 Å². The first kappa shape index (κ1) is 11.6. The summed E-state index contributed by atoms with van der Waals surface area (Å²) in [7, 11) is 0. The monoisotopic (exact) mass is 282 g/mol. The Morgan fingerprint density at radius 3 is 3.06 bits per heavy atom. The molecule has 1 aliphatic heterocycles. The van der Waals surface area contributed by atoms with Crippen molar-refractivity contribution in [1.82, 2.24) is 9.88 Å². The minimum Gasteiger partial charge on any atom is -0.337 e. The molecule has 3 nitrogen and oxygen atoms in total. The van der Waals surface area contributed by atoms with E-state index in [2.05, 4.69) is 27.8 Å². The smallest absolute Gasteiger partial charge is 0.272 e. The van der Waals surface area contributed by atoms with Crippen molar-refractivity contribution < 1.29 is 4.79 Å². The SMILES string of the molecule is CCC1CCN(C(=O)c2cccc(Br)n2)C1. The highest BCUT2D eigenvalue weighted by Gasteiger charge is 2.26. The summed E-state index contributed by atoms with van der Waals surface area (Å²) in [6.07, 6.45) is 2.27. The molecule has 1 aromatic rings. The van der Waals surface area contributed by atoms with Gasteiger partial charge in [-0.05, 0) is 40.4 Å². The van der Waals surface area contributed by atoms with Crippen LogP contribution in [0, 0.1) is 5.92 Å². The number of carbonyl (C=O) groups is 1. The van der Waals surface area contributed by atoms with Gasteiger partial charge in [-0.15, -0.1) is 0 Å². The molecular formula is C12H15BrN2O. The first-order valence-electron chi connectivity index (χ1n) is 5.62. The van der Waals surface area contributed by atoms with Gasteiger partial charge in [0.2, 0.25) is 0 Å². The minimum atomic E-state index is 0.0530. The summed E-state index contributed by atoms with van der Waals surface area (Å²) in [6.45, 7) is 3.92. The molecule has 1 aliphatic rings. The molecule has 0 N–H and O–H groups in total. The van der Waals surface area contributed by atoms with Gasteiger partial charge in [0.25, 0.3) is 5.91 Å². The Kier molecular flexibility index (Phi) is 3.59. The second kappa shape index (κ2) is 4.95. The van der Waals surface area contributed by atoms with Crippen molar-refractivity contribution in [3.63, 3.8) is 0 Å². The molecule has 86 valence electrons. The predicted octanol–water partition coefficient (Wildman–Crippen LogP) is 2.72. The van der Waals surface area contributed by atoms with Crippen LogP contribution in [0.3, 0.4) is 0 Å². The van der Waals surface area contributed by atoms with Gasteiger partial charge in [0.1, 0.15) is 10.3 Å². The maximum Gasteiger partial charge on any atom is 0.272 e. The molecule has 1 aromatic heterocycles. The molecule has 0 saturated carbocycles. The number of halogens is 1. The van der Waals surface area contributed by atoms with Gasteiger partial charge in [0.05, 0.1) is 0 Å². The van der Waals surface area contributed by atoms with E-state index in [1.165, 1.54) is 0 Å². The second-order valence-electron chi connectivity index (χ2n) is 4.16. The van der Waals surface area contributed by atoms with E-state index in [-0.39, 0.29) is 5.91 Å². The summed E-state index contributed by atoms with van der Waals surface area (Å²) < 4.78 is 0.713. The Morgan fingerprint density at radius 1 is 1.62 bits per heavy atom. The summed E-state index contributed by atoms with van der Waals surface area (Å²) in [4.78, 5) is 18.2. The third-order valence-electron chi connectivity index (χ3n) is 3.08. The lowest BCUT2D eigenvalue weighted by Gasteiger charge is -2.15. The van der Waals surface area contributed by atoms with E-state index >= 15 is 0 Å². The number of hydrogen-bond acceptors (Lipinski definition) is 2. The molecule has 2 heterocycles. The fraction of sp³-hybridized carbons (Fsp3) is 0.500. The molecule has 2 rings (SSSR count). The Balaban J connectivity index is 2.08. The van der Waals surface area contributed by atoms with Crippen molar-refractivity contribution >= 4 is 21.8 Å². The van der Waals surface area contributed by atoms with Gasteiger partial charge < -0.3 is 4.90 Å². The molecule has 1 atom stereocenters. The first-order valence-corrected chi connectivity index (χ1v) is 6.42. The largest absolute Gasteiger partial charge is 0.337 e. The first-order chi connectivity index (χ1) is 7.70. The fourth-order valence-corrected chi connectivity index (χ4v) is 2.38. The number of hydrogen-bond donors (Lipinski definition) is 0. The Bertz CT molecular complexity index is 394. The van der Waals surface area contributed by atoms with E-state index in [0.29, 0.717) is 16.2 Å². The van der Waals surface area contributed by atoms with Gasteiger partial charge in [0.15, 0.2) is 0 Å². The zero-order valence-electron chi connectivity index (χ0n) is 9.32. The highest BCUT2D eigenvalue weighted by molar-refractivity contribution is 9.10. The van der Waals surface area contributed by atoms with Crippen molar-refractivity contribution in [2.75, 3.05) is 13.1 Å². The Labute approximate surface area is 104 Å². The number of amides is 1. The molecule has 1 fully saturated rings. The Morgan fingerprint density at radius 2 is 2.44 bits per heavy atom. The molecule has 0 radical (unpaired) electrons. The van der Waals surface area contributed by atoms with Crippen LogP contribution in [0.1, 0.15) is 30.3 Å². The van der Waals surface area contributed by atoms with Gasteiger partial charge in [-0.25, -0.2) is 4.98 Å². The van der Waals surface area contributed by atoms with Gasteiger partial charge in [-0.2, -0.15) is 0 Å². The van der Waals surface area contributed by atoms with Crippen LogP contribution >= 0.6 is 15.9 Å². The molecule has 0 spiro atoms. The van der Waals surface area contributed by atoms with Crippen LogP contribution in [0.5, 0.6) is 0 Å². The summed E-state index contributed by atoms with van der Waals surface area (Å²) in [5, 5.41) is 0. The van der Waals surface area contributed by atoms with Crippen LogP contribution < -0.4 is 0 Å². The van der Waals surface area contributed by atoms with Crippen LogP contribution in [0.25, 0.3) is 0 Å². The second-order valence-corrected chi connectivity index (χ2v) is 4.97. The summed E-state index contributed by atoms with van der Waals surface area (Å²) in [5.41, 5.74) is 0.533. The van der Waals surface area contributed by atoms with E-state index in [1.54, 1.807) is 6.07 Å². The highest BCUT2D eigenvalue weighted by atomic mass is 79.9. The molecule has 0 aromatic carbocycles. The number of likely N-dealkylation sites (tertiary alicyclic amines) is 1. The van der Waals surface area contributed by atoms with Crippen LogP contribution in [0.2, 0.25) is 0 Å². The number of carbonyl (C=O) groups excluding carboxylic acids is 1. The Hall–Kier alpha value is -0.900. The third kappa shape index (κ3) is 2.43. The standard InChI is InChI=1S/C12H15BrN2O/c1-2-9-6-7-15(8-9)12(16)10-4-3-5-11(13)14-10/h3-5,9H,2,6-8H2,1H3. The van der Waals surface area contributed by atoms with Gasteiger partial charge in [-0.3, -0.25) is 4.79 Å². The van der Waals surface area contributed by atoms with Crippen molar-refractivity contribution in [3.05, 3.63) is 28.5 Å².